The zero-order valence-electron chi connectivity index (χ0n) is 10.8. The predicted octanol–water partition coefficient (Wildman–Crippen LogP) is 3.33. The second-order valence-corrected chi connectivity index (χ2v) is 5.45. The number of anilines is 1. The van der Waals surface area contributed by atoms with Crippen LogP contribution < -0.4 is 5.73 Å². The summed E-state index contributed by atoms with van der Waals surface area (Å²) in [5, 5.41) is 0.435. The van der Waals surface area contributed by atoms with E-state index in [1.54, 1.807) is 18.2 Å². The average Bonchev–Trinajstić information content (AvgIpc) is 2.28. The highest BCUT2D eigenvalue weighted by Crippen LogP contribution is 2.29. The Hall–Kier alpha value is -1.22. The number of nitrogens with zero attached hydrogens (tertiary/aromatic N) is 1. The van der Waals surface area contributed by atoms with Crippen molar-refractivity contribution < 1.29 is 4.79 Å². The molecule has 0 radical (unpaired) electrons. The van der Waals surface area contributed by atoms with E-state index in [1.165, 1.54) is 6.42 Å². The highest BCUT2D eigenvalue weighted by Gasteiger charge is 2.31. The van der Waals surface area contributed by atoms with Crippen LogP contribution in [0.4, 0.5) is 5.69 Å². The van der Waals surface area contributed by atoms with Crippen molar-refractivity contribution in [2.24, 2.45) is 0 Å². The van der Waals surface area contributed by atoms with Gasteiger partial charge in [0.1, 0.15) is 0 Å². The molecule has 4 heteroatoms. The average molecular weight is 267 g/mol. The SMILES string of the molecule is C[C@@H]1CCC[C@H](C)N1C(=O)c1c(N)cccc1Cl. The highest BCUT2D eigenvalue weighted by atomic mass is 35.5. The monoisotopic (exact) mass is 266 g/mol. The molecule has 1 aromatic carbocycles. The Balaban J connectivity index is 2.35. The minimum atomic E-state index is -0.0437. The number of nitrogens with two attached hydrogens (primary N) is 1. The van der Waals surface area contributed by atoms with E-state index < -0.39 is 0 Å². The van der Waals surface area contributed by atoms with E-state index >= 15 is 0 Å². The highest BCUT2D eigenvalue weighted by molar-refractivity contribution is 6.34. The van der Waals surface area contributed by atoms with Crippen LogP contribution in [0.25, 0.3) is 0 Å². The number of amides is 1. The third-order valence-electron chi connectivity index (χ3n) is 3.69. The molecule has 1 amide bonds. The van der Waals surface area contributed by atoms with E-state index in [-0.39, 0.29) is 18.0 Å². The van der Waals surface area contributed by atoms with Gasteiger partial charge in [0.25, 0.3) is 5.91 Å². The fourth-order valence-electron chi connectivity index (χ4n) is 2.72. The number of piperidine rings is 1. The van der Waals surface area contributed by atoms with Crippen LogP contribution in [0.5, 0.6) is 0 Å². The summed E-state index contributed by atoms with van der Waals surface area (Å²) < 4.78 is 0. The molecule has 1 aliphatic rings. The number of benzene rings is 1. The van der Waals surface area contributed by atoms with Gasteiger partial charge < -0.3 is 10.6 Å². The van der Waals surface area contributed by atoms with Crippen molar-refractivity contribution in [2.75, 3.05) is 5.73 Å². The maximum Gasteiger partial charge on any atom is 0.257 e. The summed E-state index contributed by atoms with van der Waals surface area (Å²) in [5.74, 6) is -0.0437. The molecule has 1 aromatic rings. The molecule has 3 nitrogen and oxygen atoms in total. The zero-order valence-corrected chi connectivity index (χ0v) is 11.6. The van der Waals surface area contributed by atoms with Gasteiger partial charge in [-0.15, -0.1) is 0 Å². The number of likely N-dealkylation sites (tertiary alicyclic amines) is 1. The number of halogens is 1. The van der Waals surface area contributed by atoms with Gasteiger partial charge in [0, 0.05) is 17.8 Å². The molecule has 1 fully saturated rings. The summed E-state index contributed by atoms with van der Waals surface area (Å²) >= 11 is 6.11. The second-order valence-electron chi connectivity index (χ2n) is 5.05. The van der Waals surface area contributed by atoms with Crippen molar-refractivity contribution in [1.29, 1.82) is 0 Å². The molecule has 98 valence electrons. The lowest BCUT2D eigenvalue weighted by Gasteiger charge is -2.39. The van der Waals surface area contributed by atoms with Gasteiger partial charge >= 0.3 is 0 Å². The largest absolute Gasteiger partial charge is 0.398 e. The van der Waals surface area contributed by atoms with Crippen LogP contribution in [0.15, 0.2) is 18.2 Å². The van der Waals surface area contributed by atoms with Crippen LogP contribution >= 0.6 is 11.6 Å². The molecular weight excluding hydrogens is 248 g/mol. The molecule has 1 aliphatic heterocycles. The van der Waals surface area contributed by atoms with Crippen molar-refractivity contribution >= 4 is 23.2 Å². The van der Waals surface area contributed by atoms with Gasteiger partial charge in [0.05, 0.1) is 10.6 Å². The van der Waals surface area contributed by atoms with Crippen molar-refractivity contribution in [3.8, 4) is 0 Å². The lowest BCUT2D eigenvalue weighted by molar-refractivity contribution is 0.0512. The minimum Gasteiger partial charge on any atom is -0.398 e. The molecule has 0 aromatic heterocycles. The van der Waals surface area contributed by atoms with Crippen molar-refractivity contribution in [3.05, 3.63) is 28.8 Å². The molecule has 18 heavy (non-hydrogen) atoms. The van der Waals surface area contributed by atoms with Crippen LogP contribution in [0.2, 0.25) is 5.02 Å². The van der Waals surface area contributed by atoms with Crippen molar-refractivity contribution in [2.45, 2.75) is 45.2 Å². The quantitative estimate of drug-likeness (QED) is 0.793. The van der Waals surface area contributed by atoms with Crippen molar-refractivity contribution in [3.63, 3.8) is 0 Å². The Bertz CT molecular complexity index is 431. The third kappa shape index (κ3) is 2.32. The fraction of sp³-hybridized carbons (Fsp3) is 0.500. The molecule has 2 atom stereocenters. The van der Waals surface area contributed by atoms with Gasteiger partial charge in [-0.05, 0) is 45.2 Å². The molecule has 0 unspecified atom stereocenters. The summed E-state index contributed by atoms with van der Waals surface area (Å²) in [5.41, 5.74) is 6.79. The lowest BCUT2D eigenvalue weighted by Crippen LogP contribution is -2.47. The summed E-state index contributed by atoms with van der Waals surface area (Å²) in [4.78, 5) is 14.5. The first-order valence-electron chi connectivity index (χ1n) is 6.39. The molecule has 2 rings (SSSR count). The fourth-order valence-corrected chi connectivity index (χ4v) is 2.98. The van der Waals surface area contributed by atoms with Gasteiger partial charge in [-0.2, -0.15) is 0 Å². The minimum absolute atomic E-state index is 0.0437. The van der Waals surface area contributed by atoms with Crippen LogP contribution in [-0.2, 0) is 0 Å². The van der Waals surface area contributed by atoms with Crippen molar-refractivity contribution in [1.82, 2.24) is 4.90 Å². The Labute approximate surface area is 113 Å². The first-order chi connectivity index (χ1) is 8.52. The normalized spacial score (nSPS) is 24.1. The standard InChI is InChI=1S/C14H19ClN2O/c1-9-5-3-6-10(2)17(9)14(18)13-11(15)7-4-8-12(13)16/h4,7-10H,3,5-6,16H2,1-2H3/t9-,10+. The smallest absolute Gasteiger partial charge is 0.257 e. The summed E-state index contributed by atoms with van der Waals surface area (Å²) in [6.07, 6.45) is 3.25. The maximum atomic E-state index is 12.6. The molecule has 1 heterocycles. The summed E-state index contributed by atoms with van der Waals surface area (Å²) in [6, 6.07) is 5.69. The van der Waals surface area contributed by atoms with Gasteiger partial charge in [-0.25, -0.2) is 0 Å². The summed E-state index contributed by atoms with van der Waals surface area (Å²) in [7, 11) is 0. The number of hydrogen-bond acceptors (Lipinski definition) is 2. The van der Waals surface area contributed by atoms with Gasteiger partial charge in [-0.3, -0.25) is 4.79 Å². The molecule has 0 spiro atoms. The maximum absolute atomic E-state index is 12.6. The summed E-state index contributed by atoms with van der Waals surface area (Å²) in [6.45, 7) is 4.17. The molecule has 0 bridgehead atoms. The number of carbonyl (C=O) groups is 1. The first-order valence-corrected chi connectivity index (χ1v) is 6.76. The number of hydrogen-bond donors (Lipinski definition) is 1. The van der Waals surface area contributed by atoms with Crippen LogP contribution in [0, 0.1) is 0 Å². The van der Waals surface area contributed by atoms with E-state index in [2.05, 4.69) is 13.8 Å². The van der Waals surface area contributed by atoms with E-state index in [0.717, 1.165) is 12.8 Å². The Kier molecular flexibility index (Phi) is 3.81. The van der Waals surface area contributed by atoms with Gasteiger partial charge in [0.2, 0.25) is 0 Å². The van der Waals surface area contributed by atoms with Crippen LogP contribution in [0.1, 0.15) is 43.5 Å². The van der Waals surface area contributed by atoms with Gasteiger partial charge in [0.15, 0.2) is 0 Å². The van der Waals surface area contributed by atoms with E-state index in [4.69, 9.17) is 17.3 Å². The number of nitrogen functional groups attached to an aromatic ring is 1. The third-order valence-corrected chi connectivity index (χ3v) is 4.00. The topological polar surface area (TPSA) is 46.3 Å². The van der Waals surface area contributed by atoms with E-state index in [1.807, 2.05) is 4.90 Å². The first kappa shape index (κ1) is 13.2. The van der Waals surface area contributed by atoms with E-state index in [0.29, 0.717) is 16.3 Å². The predicted molar refractivity (Wildman–Crippen MR) is 74.8 cm³/mol. The van der Waals surface area contributed by atoms with Crippen LogP contribution in [0.3, 0.4) is 0 Å². The van der Waals surface area contributed by atoms with Crippen LogP contribution in [-0.4, -0.2) is 22.9 Å². The number of carbonyl (C=O) groups excluding carboxylic acids is 1. The molecule has 1 saturated heterocycles. The second kappa shape index (κ2) is 5.19. The Morgan fingerprint density at radius 2 is 1.94 bits per heavy atom. The Morgan fingerprint density at radius 1 is 1.33 bits per heavy atom. The lowest BCUT2D eigenvalue weighted by atomic mass is 9.96. The van der Waals surface area contributed by atoms with E-state index in [9.17, 15) is 4.79 Å². The zero-order chi connectivity index (χ0) is 13.3. The molecular formula is C14H19ClN2O. The molecule has 2 N–H and O–H groups in total. The molecule has 0 saturated carbocycles. The van der Waals surface area contributed by atoms with Gasteiger partial charge in [-0.1, -0.05) is 17.7 Å². The Morgan fingerprint density at radius 3 is 2.50 bits per heavy atom. The number of rotatable bonds is 1. The molecule has 0 aliphatic carbocycles.